The Morgan fingerprint density at radius 1 is 1.03 bits per heavy atom. The maximum absolute atomic E-state index is 12.2. The number of esters is 1. The average Bonchev–Trinajstić information content (AvgIpc) is 3.42. The first-order valence-electron chi connectivity index (χ1n) is 8.66. The van der Waals surface area contributed by atoms with Gasteiger partial charge in [0.15, 0.2) is 11.5 Å². The van der Waals surface area contributed by atoms with Gasteiger partial charge < -0.3 is 18.6 Å². The van der Waals surface area contributed by atoms with E-state index < -0.39 is 11.9 Å². The minimum Gasteiger partial charge on any atom is -0.465 e. The Balaban J connectivity index is 1.42. The quantitative estimate of drug-likeness (QED) is 0.407. The molecule has 8 nitrogen and oxygen atoms in total. The summed E-state index contributed by atoms with van der Waals surface area (Å²) in [5.41, 5.74) is 3.97. The largest absolute Gasteiger partial charge is 0.465 e. The van der Waals surface area contributed by atoms with E-state index in [9.17, 15) is 9.59 Å². The first-order valence-corrected chi connectivity index (χ1v) is 8.66. The lowest BCUT2D eigenvalue weighted by Gasteiger charge is -2.02. The molecular formula is C21H16N2O6. The summed E-state index contributed by atoms with van der Waals surface area (Å²) in [7, 11) is 1.33. The van der Waals surface area contributed by atoms with Crippen LogP contribution in [0.1, 0.15) is 26.5 Å². The number of hydrogen-bond acceptors (Lipinski definition) is 7. The molecule has 0 aliphatic carbocycles. The van der Waals surface area contributed by atoms with Gasteiger partial charge in [0.25, 0.3) is 5.91 Å². The zero-order chi connectivity index (χ0) is 20.2. The molecule has 0 atom stereocenters. The molecule has 2 aromatic carbocycles. The molecule has 1 aliphatic rings. The van der Waals surface area contributed by atoms with Crippen molar-refractivity contribution in [1.29, 1.82) is 0 Å². The molecular weight excluding hydrogens is 376 g/mol. The van der Waals surface area contributed by atoms with E-state index in [-0.39, 0.29) is 6.79 Å². The molecule has 146 valence electrons. The van der Waals surface area contributed by atoms with Gasteiger partial charge in [0.05, 0.1) is 18.9 Å². The molecule has 2 heterocycles. The van der Waals surface area contributed by atoms with Crippen molar-refractivity contribution in [3.8, 4) is 22.8 Å². The highest BCUT2D eigenvalue weighted by Crippen LogP contribution is 2.32. The third-order valence-corrected chi connectivity index (χ3v) is 4.19. The van der Waals surface area contributed by atoms with Gasteiger partial charge in [-0.25, -0.2) is 10.2 Å². The zero-order valence-electron chi connectivity index (χ0n) is 15.4. The number of nitrogens with zero attached hydrogens (tertiary/aromatic N) is 1. The molecule has 0 unspecified atom stereocenters. The molecule has 0 fully saturated rings. The van der Waals surface area contributed by atoms with Crippen LogP contribution in [0.3, 0.4) is 0 Å². The Hall–Kier alpha value is -4.07. The fourth-order valence-corrected chi connectivity index (χ4v) is 2.75. The fraction of sp³-hybridized carbons (Fsp3) is 0.0952. The zero-order valence-corrected chi connectivity index (χ0v) is 15.4. The third-order valence-electron chi connectivity index (χ3n) is 4.19. The SMILES string of the molecule is COC(=O)c1cccc(-c2ccc(/C=N\NC(=O)c3ccc4c(c3)OCO4)o2)c1. The predicted octanol–water partition coefficient (Wildman–Crippen LogP) is 3.23. The monoisotopic (exact) mass is 392 g/mol. The number of fused-ring (bicyclic) bond motifs is 1. The van der Waals surface area contributed by atoms with Crippen molar-refractivity contribution in [2.45, 2.75) is 0 Å². The van der Waals surface area contributed by atoms with Crippen molar-refractivity contribution >= 4 is 18.1 Å². The van der Waals surface area contributed by atoms with E-state index in [1.54, 1.807) is 48.5 Å². The van der Waals surface area contributed by atoms with Crippen LogP contribution in [0, 0.1) is 0 Å². The highest BCUT2D eigenvalue weighted by molar-refractivity contribution is 5.95. The number of furan rings is 1. The molecule has 1 aromatic heterocycles. The van der Waals surface area contributed by atoms with Crippen molar-refractivity contribution in [3.05, 3.63) is 71.5 Å². The molecule has 1 N–H and O–H groups in total. The molecule has 4 rings (SSSR count). The van der Waals surface area contributed by atoms with Gasteiger partial charge in [-0.3, -0.25) is 4.79 Å². The van der Waals surface area contributed by atoms with Gasteiger partial charge in [-0.1, -0.05) is 12.1 Å². The van der Waals surface area contributed by atoms with Crippen molar-refractivity contribution in [2.75, 3.05) is 13.9 Å². The molecule has 0 spiro atoms. The van der Waals surface area contributed by atoms with Crippen LogP contribution in [0.25, 0.3) is 11.3 Å². The van der Waals surface area contributed by atoms with Crippen LogP contribution < -0.4 is 14.9 Å². The Kier molecular flexibility index (Phi) is 4.98. The smallest absolute Gasteiger partial charge is 0.337 e. The first kappa shape index (κ1) is 18.3. The Morgan fingerprint density at radius 3 is 2.76 bits per heavy atom. The summed E-state index contributed by atoms with van der Waals surface area (Å²) in [4.78, 5) is 23.9. The van der Waals surface area contributed by atoms with E-state index in [2.05, 4.69) is 10.5 Å². The van der Waals surface area contributed by atoms with Gasteiger partial charge in [0.2, 0.25) is 6.79 Å². The summed E-state index contributed by atoms with van der Waals surface area (Å²) < 4.78 is 20.9. The number of carbonyl (C=O) groups excluding carboxylic acids is 2. The molecule has 1 aliphatic heterocycles. The second-order valence-corrected chi connectivity index (χ2v) is 6.04. The topological polar surface area (TPSA) is 99.4 Å². The van der Waals surface area contributed by atoms with Gasteiger partial charge >= 0.3 is 5.97 Å². The second kappa shape index (κ2) is 7.89. The van der Waals surface area contributed by atoms with Crippen molar-refractivity contribution < 1.29 is 28.2 Å². The second-order valence-electron chi connectivity index (χ2n) is 6.04. The van der Waals surface area contributed by atoms with Crippen molar-refractivity contribution in [1.82, 2.24) is 5.43 Å². The van der Waals surface area contributed by atoms with Gasteiger partial charge in [0, 0.05) is 11.1 Å². The predicted molar refractivity (Wildman–Crippen MR) is 103 cm³/mol. The number of nitrogens with one attached hydrogen (secondary N) is 1. The van der Waals surface area contributed by atoms with Crippen LogP contribution in [-0.4, -0.2) is 32.0 Å². The maximum atomic E-state index is 12.2. The van der Waals surface area contributed by atoms with Crippen molar-refractivity contribution in [3.63, 3.8) is 0 Å². The van der Waals surface area contributed by atoms with E-state index in [4.69, 9.17) is 18.6 Å². The van der Waals surface area contributed by atoms with Gasteiger partial charge in [-0.05, 0) is 42.5 Å². The summed E-state index contributed by atoms with van der Waals surface area (Å²) in [6.45, 7) is 0.141. The number of benzene rings is 2. The minimum atomic E-state index is -0.425. The standard InChI is InChI=1S/C21H16N2O6/c1-26-21(25)15-4-2-3-13(9-15)17-8-6-16(29-17)11-22-23-20(24)14-5-7-18-19(10-14)28-12-27-18/h2-11H,12H2,1H3,(H,23,24)/b22-11-. The molecule has 0 radical (unpaired) electrons. The summed E-state index contributed by atoms with van der Waals surface area (Å²) in [6.07, 6.45) is 1.39. The molecule has 0 saturated heterocycles. The van der Waals surface area contributed by atoms with E-state index >= 15 is 0 Å². The van der Waals surface area contributed by atoms with Gasteiger partial charge in [0.1, 0.15) is 11.5 Å². The summed E-state index contributed by atoms with van der Waals surface area (Å²) in [5.74, 6) is 1.30. The van der Waals surface area contributed by atoms with Crippen molar-refractivity contribution in [2.24, 2.45) is 5.10 Å². The lowest BCUT2D eigenvalue weighted by molar-refractivity contribution is 0.0600. The normalized spacial score (nSPS) is 12.2. The Labute approximate surface area is 165 Å². The van der Waals surface area contributed by atoms with Crippen LogP contribution >= 0.6 is 0 Å². The van der Waals surface area contributed by atoms with E-state index in [0.29, 0.717) is 34.1 Å². The van der Waals surface area contributed by atoms with E-state index in [1.807, 2.05) is 6.07 Å². The number of hydrogen-bond donors (Lipinski definition) is 1. The number of amides is 1. The summed E-state index contributed by atoms with van der Waals surface area (Å²) >= 11 is 0. The molecule has 0 bridgehead atoms. The lowest BCUT2D eigenvalue weighted by atomic mass is 10.1. The number of ether oxygens (including phenoxy) is 3. The molecule has 8 heteroatoms. The number of carbonyl (C=O) groups is 2. The van der Waals surface area contributed by atoms with Crippen LogP contribution in [0.15, 0.2) is 64.1 Å². The number of hydrazone groups is 1. The third kappa shape index (κ3) is 3.96. The average molecular weight is 392 g/mol. The van der Waals surface area contributed by atoms with Crippen LogP contribution in [-0.2, 0) is 4.74 Å². The highest BCUT2D eigenvalue weighted by atomic mass is 16.7. The number of rotatable bonds is 5. The van der Waals surface area contributed by atoms with E-state index in [0.717, 1.165) is 5.56 Å². The summed E-state index contributed by atoms with van der Waals surface area (Å²) in [6, 6.07) is 15.2. The van der Waals surface area contributed by atoms with E-state index in [1.165, 1.54) is 13.3 Å². The lowest BCUT2D eigenvalue weighted by Crippen LogP contribution is -2.17. The Morgan fingerprint density at radius 2 is 1.90 bits per heavy atom. The van der Waals surface area contributed by atoms with Crippen LogP contribution in [0.2, 0.25) is 0 Å². The summed E-state index contributed by atoms with van der Waals surface area (Å²) in [5, 5.41) is 3.91. The van der Waals surface area contributed by atoms with Crippen LogP contribution in [0.5, 0.6) is 11.5 Å². The van der Waals surface area contributed by atoms with Crippen LogP contribution in [0.4, 0.5) is 0 Å². The minimum absolute atomic E-state index is 0.141. The Bertz CT molecular complexity index is 1100. The maximum Gasteiger partial charge on any atom is 0.337 e. The molecule has 0 saturated carbocycles. The van der Waals surface area contributed by atoms with Gasteiger partial charge in [-0.2, -0.15) is 5.10 Å². The van der Waals surface area contributed by atoms with Gasteiger partial charge in [-0.15, -0.1) is 0 Å². The molecule has 3 aromatic rings. The first-order chi connectivity index (χ1) is 14.1. The number of methoxy groups -OCH3 is 1. The highest BCUT2D eigenvalue weighted by Gasteiger charge is 2.16. The molecule has 1 amide bonds. The fourth-order valence-electron chi connectivity index (χ4n) is 2.75. The molecule has 29 heavy (non-hydrogen) atoms.